The molecule has 2 rings (SSSR count). The number of ether oxygens (including phenoxy) is 1. The fourth-order valence-corrected chi connectivity index (χ4v) is 2.07. The van der Waals surface area contributed by atoms with Crippen molar-refractivity contribution in [3.63, 3.8) is 0 Å². The van der Waals surface area contributed by atoms with Crippen molar-refractivity contribution >= 4 is 5.97 Å². The minimum atomic E-state index is -0.646. The average Bonchev–Trinajstić information content (AvgIpc) is 3.14. The van der Waals surface area contributed by atoms with Crippen LogP contribution >= 0.6 is 0 Å². The van der Waals surface area contributed by atoms with Crippen LogP contribution in [-0.2, 0) is 4.79 Å². The van der Waals surface area contributed by atoms with Crippen molar-refractivity contribution in [1.82, 2.24) is 0 Å². The fourth-order valence-electron chi connectivity index (χ4n) is 2.07. The number of rotatable bonds is 7. The monoisotopic (exact) mass is 234 g/mol. The number of carbonyl (C=O) groups is 1. The number of para-hydroxylation sites is 1. The maximum atomic E-state index is 11.0. The van der Waals surface area contributed by atoms with Gasteiger partial charge in [-0.25, -0.2) is 0 Å². The van der Waals surface area contributed by atoms with Gasteiger partial charge in [-0.2, -0.15) is 0 Å². The van der Waals surface area contributed by atoms with Gasteiger partial charge in [-0.3, -0.25) is 4.79 Å². The van der Waals surface area contributed by atoms with Crippen molar-refractivity contribution in [2.24, 2.45) is 11.8 Å². The van der Waals surface area contributed by atoms with Gasteiger partial charge in [0, 0.05) is 0 Å². The van der Waals surface area contributed by atoms with Crippen LogP contribution in [0.1, 0.15) is 25.7 Å². The molecule has 0 aromatic heterocycles. The molecular formula is C14H18O3. The normalized spacial score (nSPS) is 16.5. The highest BCUT2D eigenvalue weighted by Gasteiger charge is 2.35. The Bertz CT molecular complexity index is 357. The van der Waals surface area contributed by atoms with Crippen molar-refractivity contribution in [3.8, 4) is 5.75 Å². The summed E-state index contributed by atoms with van der Waals surface area (Å²) in [6.45, 7) is 0.598. The zero-order chi connectivity index (χ0) is 12.1. The molecule has 1 N–H and O–H groups in total. The summed E-state index contributed by atoms with van der Waals surface area (Å²) in [6.07, 6.45) is 3.70. The molecule has 3 nitrogen and oxygen atoms in total. The molecule has 1 aliphatic carbocycles. The Morgan fingerprint density at radius 1 is 1.35 bits per heavy atom. The molecule has 1 fully saturated rings. The molecule has 0 amide bonds. The van der Waals surface area contributed by atoms with E-state index in [1.165, 1.54) is 0 Å². The van der Waals surface area contributed by atoms with Crippen LogP contribution < -0.4 is 4.74 Å². The van der Waals surface area contributed by atoms with Crippen molar-refractivity contribution in [1.29, 1.82) is 0 Å². The van der Waals surface area contributed by atoms with E-state index in [-0.39, 0.29) is 5.92 Å². The molecule has 1 saturated carbocycles. The number of aliphatic carboxylic acids is 1. The number of carboxylic acids is 1. The molecule has 3 heteroatoms. The maximum Gasteiger partial charge on any atom is 0.306 e. The molecule has 0 aliphatic heterocycles. The first-order valence-electron chi connectivity index (χ1n) is 6.18. The van der Waals surface area contributed by atoms with Crippen LogP contribution in [0.2, 0.25) is 0 Å². The van der Waals surface area contributed by atoms with Crippen LogP contribution in [0.5, 0.6) is 5.75 Å². The minimum absolute atomic E-state index is 0.158. The van der Waals surface area contributed by atoms with E-state index in [1.54, 1.807) is 0 Å². The van der Waals surface area contributed by atoms with Gasteiger partial charge in [0.25, 0.3) is 0 Å². The average molecular weight is 234 g/mol. The van der Waals surface area contributed by atoms with Gasteiger partial charge in [-0.05, 0) is 43.7 Å². The van der Waals surface area contributed by atoms with Crippen molar-refractivity contribution in [2.75, 3.05) is 6.61 Å². The van der Waals surface area contributed by atoms with E-state index in [2.05, 4.69) is 0 Å². The van der Waals surface area contributed by atoms with E-state index in [9.17, 15) is 4.79 Å². The second-order valence-corrected chi connectivity index (χ2v) is 4.59. The standard InChI is InChI=1S/C14H18O3/c15-14(16)13(11-8-9-11)7-4-10-17-12-5-2-1-3-6-12/h1-3,5-6,11,13H,4,7-10H2,(H,15,16). The quantitative estimate of drug-likeness (QED) is 0.738. The summed E-state index contributed by atoms with van der Waals surface area (Å²) >= 11 is 0. The molecule has 0 spiro atoms. The summed E-state index contributed by atoms with van der Waals surface area (Å²) in [5.74, 6) is 0.469. The smallest absolute Gasteiger partial charge is 0.306 e. The summed E-state index contributed by atoms with van der Waals surface area (Å²) < 4.78 is 5.54. The van der Waals surface area contributed by atoms with E-state index >= 15 is 0 Å². The van der Waals surface area contributed by atoms with Crippen molar-refractivity contribution < 1.29 is 14.6 Å². The molecular weight excluding hydrogens is 216 g/mol. The molecule has 0 heterocycles. The summed E-state index contributed by atoms with van der Waals surface area (Å²) in [4.78, 5) is 11.0. The lowest BCUT2D eigenvalue weighted by Gasteiger charge is -2.11. The number of hydrogen-bond acceptors (Lipinski definition) is 2. The van der Waals surface area contributed by atoms with Crippen LogP contribution in [0.4, 0.5) is 0 Å². The highest BCUT2D eigenvalue weighted by molar-refractivity contribution is 5.70. The van der Waals surface area contributed by atoms with Crippen LogP contribution in [-0.4, -0.2) is 17.7 Å². The summed E-state index contributed by atoms with van der Waals surface area (Å²) in [7, 11) is 0. The van der Waals surface area contributed by atoms with E-state index < -0.39 is 5.97 Å². The van der Waals surface area contributed by atoms with Gasteiger partial charge in [0.05, 0.1) is 12.5 Å². The molecule has 1 atom stereocenters. The number of benzene rings is 1. The van der Waals surface area contributed by atoms with Crippen molar-refractivity contribution in [3.05, 3.63) is 30.3 Å². The second kappa shape index (κ2) is 5.71. The van der Waals surface area contributed by atoms with Gasteiger partial charge in [-0.15, -0.1) is 0 Å². The number of carboxylic acid groups (broad SMARTS) is 1. The van der Waals surface area contributed by atoms with Gasteiger partial charge >= 0.3 is 5.97 Å². The Kier molecular flexibility index (Phi) is 4.02. The summed E-state index contributed by atoms with van der Waals surface area (Å²) in [6, 6.07) is 9.63. The Balaban J connectivity index is 1.67. The zero-order valence-corrected chi connectivity index (χ0v) is 9.84. The third-order valence-electron chi connectivity index (χ3n) is 3.18. The van der Waals surface area contributed by atoms with Gasteiger partial charge in [-0.1, -0.05) is 18.2 Å². The largest absolute Gasteiger partial charge is 0.494 e. The lowest BCUT2D eigenvalue weighted by molar-refractivity contribution is -0.142. The Morgan fingerprint density at radius 2 is 2.06 bits per heavy atom. The van der Waals surface area contributed by atoms with Crippen LogP contribution in [0, 0.1) is 11.8 Å². The zero-order valence-electron chi connectivity index (χ0n) is 9.84. The third-order valence-corrected chi connectivity index (χ3v) is 3.18. The first kappa shape index (κ1) is 12.0. The van der Waals surface area contributed by atoms with Gasteiger partial charge in [0.1, 0.15) is 5.75 Å². The molecule has 1 aliphatic rings. The maximum absolute atomic E-state index is 11.0. The predicted molar refractivity (Wildman–Crippen MR) is 65.0 cm³/mol. The molecule has 17 heavy (non-hydrogen) atoms. The van der Waals surface area contributed by atoms with Crippen LogP contribution in [0.25, 0.3) is 0 Å². The summed E-state index contributed by atoms with van der Waals surface area (Å²) in [5, 5.41) is 9.06. The lowest BCUT2D eigenvalue weighted by atomic mass is 9.98. The van der Waals surface area contributed by atoms with Crippen molar-refractivity contribution in [2.45, 2.75) is 25.7 Å². The summed E-state index contributed by atoms with van der Waals surface area (Å²) in [5.41, 5.74) is 0. The molecule has 1 aromatic rings. The molecule has 0 saturated heterocycles. The van der Waals surface area contributed by atoms with Gasteiger partial charge in [0.2, 0.25) is 0 Å². The first-order valence-corrected chi connectivity index (χ1v) is 6.18. The fraction of sp³-hybridized carbons (Fsp3) is 0.500. The lowest BCUT2D eigenvalue weighted by Crippen LogP contribution is -2.16. The third kappa shape index (κ3) is 3.77. The first-order chi connectivity index (χ1) is 8.27. The Morgan fingerprint density at radius 3 is 2.65 bits per heavy atom. The molecule has 1 aromatic carbocycles. The molecule has 1 unspecified atom stereocenters. The second-order valence-electron chi connectivity index (χ2n) is 4.59. The van der Waals surface area contributed by atoms with Crippen LogP contribution in [0.15, 0.2) is 30.3 Å². The Labute approximate surface area is 101 Å². The molecule has 92 valence electrons. The van der Waals surface area contributed by atoms with Crippen LogP contribution in [0.3, 0.4) is 0 Å². The molecule has 0 radical (unpaired) electrons. The molecule has 0 bridgehead atoms. The highest BCUT2D eigenvalue weighted by atomic mass is 16.5. The van der Waals surface area contributed by atoms with E-state index in [0.29, 0.717) is 12.5 Å². The van der Waals surface area contributed by atoms with E-state index in [0.717, 1.165) is 31.4 Å². The topological polar surface area (TPSA) is 46.5 Å². The minimum Gasteiger partial charge on any atom is -0.494 e. The highest BCUT2D eigenvalue weighted by Crippen LogP contribution is 2.39. The van der Waals surface area contributed by atoms with E-state index in [4.69, 9.17) is 9.84 Å². The SMILES string of the molecule is O=C(O)C(CCCOc1ccccc1)C1CC1. The van der Waals surface area contributed by atoms with Gasteiger partial charge < -0.3 is 9.84 Å². The number of hydrogen-bond donors (Lipinski definition) is 1. The van der Waals surface area contributed by atoms with E-state index in [1.807, 2.05) is 30.3 Å². The predicted octanol–water partition coefficient (Wildman–Crippen LogP) is 2.96. The Hall–Kier alpha value is -1.51. The van der Waals surface area contributed by atoms with Gasteiger partial charge in [0.15, 0.2) is 0 Å².